The Morgan fingerprint density at radius 3 is 2.00 bits per heavy atom. The molecule has 0 spiro atoms. The van der Waals surface area contributed by atoms with Gasteiger partial charge < -0.3 is 0 Å². The van der Waals surface area contributed by atoms with E-state index in [0.717, 1.165) is 0 Å². The van der Waals surface area contributed by atoms with Gasteiger partial charge in [-0.15, -0.1) is 0 Å². The summed E-state index contributed by atoms with van der Waals surface area (Å²) in [6.45, 7) is 0. The van der Waals surface area contributed by atoms with Gasteiger partial charge in [0, 0.05) is 31.1 Å². The molecule has 1 nitrogen and oxygen atoms in total. The van der Waals surface area contributed by atoms with Crippen molar-refractivity contribution in [3.8, 4) is 0 Å². The zero-order valence-corrected chi connectivity index (χ0v) is 9.35. The average Bonchev–Trinajstić information content (AvgIpc) is 1.38. The second-order valence-electron chi connectivity index (χ2n) is 0.624. The van der Waals surface area contributed by atoms with Crippen molar-refractivity contribution < 1.29 is 35.9 Å². The van der Waals surface area contributed by atoms with Gasteiger partial charge in [0.1, 0.15) is 0 Å². The molecule has 0 aliphatic carbocycles. The molecule has 0 aromatic rings. The summed E-state index contributed by atoms with van der Waals surface area (Å²) in [5, 5.41) is 0. The standard InChI is InChI=1S/C2H5OPS.U/c3-2(4)1-5;/h5H,1,4H2;. The summed E-state index contributed by atoms with van der Waals surface area (Å²) in [5.41, 5.74) is 0.0355. The SMILES string of the molecule is O=C(P)CS.[U]. The fraction of sp³-hybridized carbons (Fsp3) is 0.500. The Bertz CT molecular complexity index is 48.8. The van der Waals surface area contributed by atoms with Crippen molar-refractivity contribution in [3.63, 3.8) is 0 Å². The van der Waals surface area contributed by atoms with Crippen molar-refractivity contribution in [2.24, 2.45) is 0 Å². The van der Waals surface area contributed by atoms with Crippen LogP contribution in [0.1, 0.15) is 0 Å². The van der Waals surface area contributed by atoms with Gasteiger partial charge >= 0.3 is 0 Å². The molecule has 0 fully saturated rings. The van der Waals surface area contributed by atoms with E-state index in [1.54, 1.807) is 0 Å². The van der Waals surface area contributed by atoms with Crippen molar-refractivity contribution in [3.05, 3.63) is 0 Å². The molecule has 0 heterocycles. The van der Waals surface area contributed by atoms with E-state index in [4.69, 9.17) is 0 Å². The fourth-order valence-corrected chi connectivity index (χ4v) is 0. The first-order chi connectivity index (χ1) is 2.27. The molecule has 1 atom stereocenters. The number of hydrogen-bond acceptors (Lipinski definition) is 2. The third-order valence-electron chi connectivity index (χ3n) is 0.156. The van der Waals surface area contributed by atoms with E-state index in [1.165, 1.54) is 0 Å². The molecule has 0 aromatic heterocycles. The molecule has 0 saturated heterocycles. The summed E-state index contributed by atoms with van der Waals surface area (Å²) in [6.07, 6.45) is 0. The Labute approximate surface area is 68.6 Å². The zero-order valence-electron chi connectivity index (χ0n) is 3.14. The minimum atomic E-state index is 0. The van der Waals surface area contributed by atoms with Gasteiger partial charge in [0.25, 0.3) is 0 Å². The molecule has 0 aromatic carbocycles. The van der Waals surface area contributed by atoms with Crippen LogP contribution < -0.4 is 0 Å². The van der Waals surface area contributed by atoms with Crippen LogP contribution in [0, 0.1) is 31.1 Å². The molecule has 34 valence electrons. The Morgan fingerprint density at radius 1 is 1.83 bits per heavy atom. The molecule has 4 heteroatoms. The normalized spacial score (nSPS) is 6.33. The first-order valence-corrected chi connectivity index (χ1v) is 2.37. The molecular weight excluding hydrogens is 341 g/mol. The molecule has 0 saturated carbocycles. The monoisotopic (exact) mass is 346 g/mol. The van der Waals surface area contributed by atoms with Crippen LogP contribution >= 0.6 is 21.9 Å². The number of carbonyl (C=O) groups is 1. The maximum Gasteiger partial charge on any atom is 0.157 e. The quantitative estimate of drug-likeness (QED) is 0.535. The van der Waals surface area contributed by atoms with Gasteiger partial charge in [0.2, 0.25) is 0 Å². The number of rotatable bonds is 1. The molecule has 0 N–H and O–H groups in total. The number of carbonyl (C=O) groups excluding carboxylic acids is 1. The summed E-state index contributed by atoms with van der Waals surface area (Å²) in [4.78, 5) is 9.70. The molecule has 0 rings (SSSR count). The summed E-state index contributed by atoms with van der Waals surface area (Å²) in [7, 11) is 2.02. The van der Waals surface area contributed by atoms with E-state index in [2.05, 4.69) is 12.6 Å². The van der Waals surface area contributed by atoms with Gasteiger partial charge in [-0.1, -0.05) is 9.24 Å². The topological polar surface area (TPSA) is 17.1 Å². The van der Waals surface area contributed by atoms with E-state index < -0.39 is 0 Å². The second-order valence-corrected chi connectivity index (χ2v) is 1.58. The summed E-state index contributed by atoms with van der Waals surface area (Å²) >= 11 is 3.65. The smallest absolute Gasteiger partial charge is 0.157 e. The molecular formula is C2H5OPSU. The van der Waals surface area contributed by atoms with Crippen LogP contribution in [0.5, 0.6) is 0 Å². The fourth-order valence-electron chi connectivity index (χ4n) is 0. The van der Waals surface area contributed by atoms with E-state index in [-0.39, 0.29) is 36.6 Å². The Hall–Kier alpha value is 1.50. The largest absolute Gasteiger partial charge is 0.294 e. The van der Waals surface area contributed by atoms with Crippen LogP contribution in [0.15, 0.2) is 0 Å². The van der Waals surface area contributed by atoms with Crippen LogP contribution in [0.3, 0.4) is 0 Å². The van der Waals surface area contributed by atoms with E-state index in [9.17, 15) is 4.79 Å². The maximum atomic E-state index is 9.70. The van der Waals surface area contributed by atoms with Crippen LogP contribution in [-0.4, -0.2) is 11.3 Å². The molecule has 6 heavy (non-hydrogen) atoms. The molecule has 0 aliphatic heterocycles. The molecule has 0 aliphatic rings. The van der Waals surface area contributed by atoms with Gasteiger partial charge in [-0.3, -0.25) is 4.79 Å². The Kier molecular flexibility index (Phi) is 11.4. The molecule has 0 bridgehead atoms. The minimum Gasteiger partial charge on any atom is -0.294 e. The van der Waals surface area contributed by atoms with Crippen molar-refractivity contribution in [1.29, 1.82) is 0 Å². The van der Waals surface area contributed by atoms with Crippen molar-refractivity contribution >= 4 is 27.4 Å². The van der Waals surface area contributed by atoms with Crippen LogP contribution in [-0.2, 0) is 4.79 Å². The van der Waals surface area contributed by atoms with Crippen molar-refractivity contribution in [2.75, 3.05) is 5.75 Å². The third-order valence-corrected chi connectivity index (χ3v) is 1.02. The van der Waals surface area contributed by atoms with Crippen LogP contribution in [0.4, 0.5) is 0 Å². The molecule has 0 amide bonds. The van der Waals surface area contributed by atoms with Gasteiger partial charge in [-0.05, 0) is 0 Å². The average molecular weight is 346 g/mol. The van der Waals surface area contributed by atoms with Crippen molar-refractivity contribution in [2.45, 2.75) is 0 Å². The summed E-state index contributed by atoms with van der Waals surface area (Å²) in [6, 6.07) is 0. The minimum absolute atomic E-state index is 0. The predicted molar refractivity (Wildman–Crippen MR) is 28.6 cm³/mol. The Balaban J connectivity index is 0. The van der Waals surface area contributed by atoms with E-state index in [1.807, 2.05) is 9.24 Å². The molecule has 1 unspecified atom stereocenters. The second kappa shape index (κ2) is 6.50. The van der Waals surface area contributed by atoms with Crippen molar-refractivity contribution in [1.82, 2.24) is 0 Å². The van der Waals surface area contributed by atoms with Gasteiger partial charge in [-0.2, -0.15) is 12.6 Å². The van der Waals surface area contributed by atoms with E-state index in [0.29, 0.717) is 5.75 Å². The van der Waals surface area contributed by atoms with E-state index >= 15 is 0 Å². The molecule has 0 radical (unpaired) electrons. The summed E-state index contributed by atoms with van der Waals surface area (Å²) in [5.74, 6) is 0.324. The number of thiol groups is 1. The predicted octanol–water partition coefficient (Wildman–Crippen LogP) is 0.318. The first-order valence-electron chi connectivity index (χ1n) is 1.16. The summed E-state index contributed by atoms with van der Waals surface area (Å²) < 4.78 is 0. The first kappa shape index (κ1) is 10.5. The van der Waals surface area contributed by atoms with Crippen LogP contribution in [0.2, 0.25) is 0 Å². The Morgan fingerprint density at radius 2 is 2.00 bits per heavy atom. The van der Waals surface area contributed by atoms with Gasteiger partial charge in [-0.25, -0.2) is 0 Å². The van der Waals surface area contributed by atoms with Crippen LogP contribution in [0.25, 0.3) is 0 Å². The third kappa shape index (κ3) is 9.09. The van der Waals surface area contributed by atoms with Gasteiger partial charge in [0.05, 0.1) is 5.75 Å². The zero-order chi connectivity index (χ0) is 4.28. The van der Waals surface area contributed by atoms with Gasteiger partial charge in [0.15, 0.2) is 5.52 Å². The number of hydrogen-bond donors (Lipinski definition) is 1. The maximum absolute atomic E-state index is 9.70.